The highest BCUT2D eigenvalue weighted by molar-refractivity contribution is 7.98. The molecule has 0 unspecified atom stereocenters. The van der Waals surface area contributed by atoms with E-state index in [4.69, 9.17) is 0 Å². The summed E-state index contributed by atoms with van der Waals surface area (Å²) in [6.07, 6.45) is 3.92. The van der Waals surface area contributed by atoms with Crippen molar-refractivity contribution >= 4 is 40.6 Å². The molecule has 2 amide bonds. The summed E-state index contributed by atoms with van der Waals surface area (Å²) in [4.78, 5) is 28.0. The van der Waals surface area contributed by atoms with Crippen LogP contribution in [-0.4, -0.2) is 30.7 Å². The summed E-state index contributed by atoms with van der Waals surface area (Å²) in [7, 11) is 0. The molecule has 2 aliphatic heterocycles. The van der Waals surface area contributed by atoms with E-state index in [-0.39, 0.29) is 17.9 Å². The third-order valence-electron chi connectivity index (χ3n) is 4.73. The first kappa shape index (κ1) is 16.0. The number of amides is 2. The zero-order valence-corrected chi connectivity index (χ0v) is 14.7. The smallest absolute Gasteiger partial charge is 0.255 e. The molecule has 0 saturated carbocycles. The van der Waals surface area contributed by atoms with E-state index >= 15 is 0 Å². The van der Waals surface area contributed by atoms with Crippen LogP contribution in [0.25, 0.3) is 0 Å². The average Bonchev–Trinajstić information content (AvgIpc) is 3.12. The van der Waals surface area contributed by atoms with E-state index in [2.05, 4.69) is 15.5 Å². The molecule has 2 heterocycles. The summed E-state index contributed by atoms with van der Waals surface area (Å²) in [5.41, 5.74) is 3.01. The van der Waals surface area contributed by atoms with Gasteiger partial charge in [-0.05, 0) is 61.6 Å². The summed E-state index contributed by atoms with van der Waals surface area (Å²) >= 11 is 1.66. The maximum absolute atomic E-state index is 12.5. The fourth-order valence-corrected chi connectivity index (χ4v) is 3.86. The molecule has 1 saturated heterocycles. The lowest BCUT2D eigenvalue weighted by atomic mass is 10.1. The van der Waals surface area contributed by atoms with Gasteiger partial charge < -0.3 is 15.5 Å². The monoisotopic (exact) mass is 353 g/mol. The second-order valence-electron chi connectivity index (χ2n) is 6.26. The number of anilines is 3. The molecule has 1 atom stereocenters. The number of nitrogens with zero attached hydrogens (tertiary/aromatic N) is 1. The Morgan fingerprint density at radius 3 is 2.80 bits per heavy atom. The Balaban J connectivity index is 1.56. The van der Waals surface area contributed by atoms with Gasteiger partial charge in [0.1, 0.15) is 6.04 Å². The molecule has 2 N–H and O–H groups in total. The predicted molar refractivity (Wildman–Crippen MR) is 102 cm³/mol. The van der Waals surface area contributed by atoms with E-state index in [0.717, 1.165) is 35.7 Å². The van der Waals surface area contributed by atoms with Crippen molar-refractivity contribution in [3.8, 4) is 0 Å². The zero-order valence-electron chi connectivity index (χ0n) is 13.9. The number of benzene rings is 2. The Morgan fingerprint density at radius 2 is 2.04 bits per heavy atom. The molecular weight excluding hydrogens is 334 g/mol. The quantitative estimate of drug-likeness (QED) is 0.828. The molecule has 2 aromatic carbocycles. The SMILES string of the molecule is CSc1ccc(NC(=O)c2ccc3c(c2)NC(=O)[C@H]2CCCN32)cc1. The van der Waals surface area contributed by atoms with Crippen molar-refractivity contribution in [2.24, 2.45) is 0 Å². The summed E-state index contributed by atoms with van der Waals surface area (Å²) in [6.45, 7) is 0.887. The number of hydrogen-bond acceptors (Lipinski definition) is 4. The molecular formula is C19H19N3O2S. The normalized spacial score (nSPS) is 18.4. The van der Waals surface area contributed by atoms with Gasteiger partial charge >= 0.3 is 0 Å². The van der Waals surface area contributed by atoms with Crippen molar-refractivity contribution < 1.29 is 9.59 Å². The molecule has 0 aliphatic carbocycles. The van der Waals surface area contributed by atoms with E-state index in [0.29, 0.717) is 11.3 Å². The van der Waals surface area contributed by atoms with Gasteiger partial charge in [0, 0.05) is 22.7 Å². The van der Waals surface area contributed by atoms with Crippen LogP contribution in [0, 0.1) is 0 Å². The summed E-state index contributed by atoms with van der Waals surface area (Å²) in [6, 6.07) is 13.2. The minimum Gasteiger partial charge on any atom is -0.358 e. The lowest BCUT2D eigenvalue weighted by Crippen LogP contribution is -2.43. The predicted octanol–water partition coefficient (Wildman–Crippen LogP) is 3.58. The van der Waals surface area contributed by atoms with Crippen LogP contribution < -0.4 is 15.5 Å². The van der Waals surface area contributed by atoms with Gasteiger partial charge in [-0.15, -0.1) is 11.8 Å². The minimum absolute atomic E-state index is 0.0233. The third-order valence-corrected chi connectivity index (χ3v) is 5.47. The molecule has 2 aromatic rings. The second-order valence-corrected chi connectivity index (χ2v) is 7.13. The van der Waals surface area contributed by atoms with Crippen molar-refractivity contribution in [2.45, 2.75) is 23.8 Å². The van der Waals surface area contributed by atoms with E-state index in [9.17, 15) is 9.59 Å². The van der Waals surface area contributed by atoms with E-state index < -0.39 is 0 Å². The summed E-state index contributed by atoms with van der Waals surface area (Å²) in [5, 5.41) is 5.84. The Kier molecular flexibility index (Phi) is 4.13. The van der Waals surface area contributed by atoms with Crippen molar-refractivity contribution in [3.05, 3.63) is 48.0 Å². The van der Waals surface area contributed by atoms with Crippen LogP contribution in [0.2, 0.25) is 0 Å². The molecule has 0 radical (unpaired) electrons. The van der Waals surface area contributed by atoms with Crippen molar-refractivity contribution in [3.63, 3.8) is 0 Å². The van der Waals surface area contributed by atoms with Crippen LogP contribution in [-0.2, 0) is 4.79 Å². The van der Waals surface area contributed by atoms with Gasteiger partial charge in [-0.2, -0.15) is 0 Å². The fraction of sp³-hybridized carbons (Fsp3) is 0.263. The number of thioether (sulfide) groups is 1. The fourth-order valence-electron chi connectivity index (χ4n) is 3.45. The minimum atomic E-state index is -0.183. The molecule has 25 heavy (non-hydrogen) atoms. The molecule has 5 nitrogen and oxygen atoms in total. The standard InChI is InChI=1S/C19H19N3O2S/c1-25-14-7-5-13(6-8-14)20-18(23)12-4-9-16-15(11-12)21-19(24)17-3-2-10-22(16)17/h4-9,11,17H,2-3,10H2,1H3,(H,20,23)(H,21,24)/t17-/m1/s1. The molecule has 128 valence electrons. The highest BCUT2D eigenvalue weighted by atomic mass is 32.2. The summed E-state index contributed by atoms with van der Waals surface area (Å²) in [5.74, 6) is -0.160. The maximum Gasteiger partial charge on any atom is 0.255 e. The van der Waals surface area contributed by atoms with E-state index in [1.165, 1.54) is 0 Å². The number of fused-ring (bicyclic) bond motifs is 3. The molecule has 2 aliphatic rings. The van der Waals surface area contributed by atoms with Crippen LogP contribution in [0.1, 0.15) is 23.2 Å². The Morgan fingerprint density at radius 1 is 1.24 bits per heavy atom. The first-order valence-corrected chi connectivity index (χ1v) is 9.55. The first-order valence-electron chi connectivity index (χ1n) is 8.32. The first-order chi connectivity index (χ1) is 12.2. The Labute approximate surface area is 150 Å². The number of nitrogens with one attached hydrogen (secondary N) is 2. The molecule has 0 bridgehead atoms. The van der Waals surface area contributed by atoms with Crippen LogP contribution in [0.4, 0.5) is 17.1 Å². The van der Waals surface area contributed by atoms with Crippen LogP contribution in [0.3, 0.4) is 0 Å². The Hall–Kier alpha value is -2.47. The van der Waals surface area contributed by atoms with Gasteiger partial charge in [-0.3, -0.25) is 9.59 Å². The van der Waals surface area contributed by atoms with Gasteiger partial charge in [0.15, 0.2) is 0 Å². The van der Waals surface area contributed by atoms with Crippen molar-refractivity contribution in [1.82, 2.24) is 0 Å². The molecule has 0 aromatic heterocycles. The van der Waals surface area contributed by atoms with Crippen LogP contribution >= 0.6 is 11.8 Å². The van der Waals surface area contributed by atoms with Crippen LogP contribution in [0.15, 0.2) is 47.4 Å². The summed E-state index contributed by atoms with van der Waals surface area (Å²) < 4.78 is 0. The lowest BCUT2D eigenvalue weighted by molar-refractivity contribution is -0.117. The Bertz CT molecular complexity index is 835. The highest BCUT2D eigenvalue weighted by Gasteiger charge is 2.36. The second kappa shape index (κ2) is 6.44. The topological polar surface area (TPSA) is 61.4 Å². The van der Waals surface area contributed by atoms with Crippen molar-refractivity contribution in [2.75, 3.05) is 28.3 Å². The highest BCUT2D eigenvalue weighted by Crippen LogP contribution is 2.37. The zero-order chi connectivity index (χ0) is 17.4. The molecule has 0 spiro atoms. The van der Waals surface area contributed by atoms with Gasteiger partial charge in [-0.25, -0.2) is 0 Å². The molecule has 4 rings (SSSR count). The van der Waals surface area contributed by atoms with Crippen molar-refractivity contribution in [1.29, 1.82) is 0 Å². The largest absolute Gasteiger partial charge is 0.358 e. The van der Waals surface area contributed by atoms with Gasteiger partial charge in [0.25, 0.3) is 5.91 Å². The van der Waals surface area contributed by atoms with E-state index in [1.807, 2.05) is 42.7 Å². The van der Waals surface area contributed by atoms with Gasteiger partial charge in [-0.1, -0.05) is 0 Å². The van der Waals surface area contributed by atoms with Gasteiger partial charge in [0.2, 0.25) is 5.91 Å². The average molecular weight is 353 g/mol. The molecule has 1 fully saturated rings. The third kappa shape index (κ3) is 2.98. The molecule has 6 heteroatoms. The van der Waals surface area contributed by atoms with E-state index in [1.54, 1.807) is 17.8 Å². The lowest BCUT2D eigenvalue weighted by Gasteiger charge is -2.33. The maximum atomic E-state index is 12.5. The van der Waals surface area contributed by atoms with Crippen LogP contribution in [0.5, 0.6) is 0 Å². The number of rotatable bonds is 3. The number of carbonyl (C=O) groups excluding carboxylic acids is 2. The number of hydrogen-bond donors (Lipinski definition) is 2. The van der Waals surface area contributed by atoms with Gasteiger partial charge in [0.05, 0.1) is 11.4 Å². The number of carbonyl (C=O) groups is 2.